The van der Waals surface area contributed by atoms with Crippen LogP contribution in [-0.2, 0) is 9.53 Å². The standard InChI is InChI=1S/C32H24O9/c1-10-4-13-21(19(34)6-10)26(37)16-9-18-28(41-12(3)33)24-23-27(38)17(31(16,24)29(13)39)8-15-25(36)22-14(30(40)32(15,18)23)5-11(2)7-20(22)35/h4-9,17-18,23-24,27-28,34-35,38H,1-3H3. The van der Waals surface area contributed by atoms with Gasteiger partial charge >= 0.3 is 5.97 Å². The maximum Gasteiger partial charge on any atom is 0.302 e. The molecule has 8 rings (SSSR count). The van der Waals surface area contributed by atoms with Crippen LogP contribution < -0.4 is 0 Å². The summed E-state index contributed by atoms with van der Waals surface area (Å²) in [4.78, 5) is 70.2. The van der Waals surface area contributed by atoms with Crippen LogP contribution in [0.5, 0.6) is 11.5 Å². The fraction of sp³-hybridized carbons (Fsp3) is 0.344. The zero-order valence-corrected chi connectivity index (χ0v) is 22.2. The Balaban J connectivity index is 1.50. The van der Waals surface area contributed by atoms with Gasteiger partial charge in [-0.15, -0.1) is 0 Å². The van der Waals surface area contributed by atoms with E-state index in [1.54, 1.807) is 13.8 Å². The van der Waals surface area contributed by atoms with E-state index in [0.717, 1.165) is 0 Å². The first kappa shape index (κ1) is 24.4. The highest BCUT2D eigenvalue weighted by atomic mass is 16.5. The van der Waals surface area contributed by atoms with Crippen molar-refractivity contribution in [3.8, 4) is 11.5 Å². The molecular formula is C32H24O9. The summed E-state index contributed by atoms with van der Waals surface area (Å²) >= 11 is 0. The van der Waals surface area contributed by atoms with Gasteiger partial charge in [0, 0.05) is 52.9 Å². The molecule has 0 heterocycles. The summed E-state index contributed by atoms with van der Waals surface area (Å²) in [6.07, 6.45) is 0.547. The molecule has 6 aliphatic rings. The average molecular weight is 553 g/mol. The molecule has 2 spiro atoms. The van der Waals surface area contributed by atoms with Crippen LogP contribution in [0.1, 0.15) is 59.5 Å². The van der Waals surface area contributed by atoms with E-state index in [0.29, 0.717) is 11.1 Å². The maximum absolute atomic E-state index is 14.7. The van der Waals surface area contributed by atoms with Gasteiger partial charge in [0.15, 0.2) is 23.1 Å². The molecule has 9 nitrogen and oxygen atoms in total. The van der Waals surface area contributed by atoms with Gasteiger partial charge in [-0.3, -0.25) is 24.0 Å². The number of carbonyl (C=O) groups is 5. The number of hydrogen-bond acceptors (Lipinski definition) is 9. The summed E-state index contributed by atoms with van der Waals surface area (Å²) in [6.45, 7) is 4.55. The summed E-state index contributed by atoms with van der Waals surface area (Å²) in [5.41, 5.74) is -2.60. The lowest BCUT2D eigenvalue weighted by atomic mass is 9.49. The lowest BCUT2D eigenvalue weighted by Crippen LogP contribution is -2.59. The molecule has 2 aromatic carbocycles. The molecule has 2 fully saturated rings. The van der Waals surface area contributed by atoms with E-state index in [4.69, 9.17) is 4.74 Å². The lowest BCUT2D eigenvalue weighted by molar-refractivity contribution is -0.152. The largest absolute Gasteiger partial charge is 0.507 e. The SMILES string of the molecule is CC(=O)OC1C2C=C3C(=O)c4c(O)cc(C)cc4C(=O)C34C3C=C5C(=O)c6c(O)cc(C)cc6C(=O)C52C(C3O)C14. The third-order valence-electron chi connectivity index (χ3n) is 10.5. The molecule has 206 valence electrons. The van der Waals surface area contributed by atoms with Crippen molar-refractivity contribution in [1.29, 1.82) is 0 Å². The van der Waals surface area contributed by atoms with Crippen molar-refractivity contribution in [3.05, 3.63) is 80.9 Å². The number of allylic oxidation sites excluding steroid dienone is 2. The lowest BCUT2D eigenvalue weighted by Gasteiger charge is -2.52. The Morgan fingerprint density at radius 1 is 0.756 bits per heavy atom. The number of hydrogen-bond donors (Lipinski definition) is 3. The number of aliphatic hydroxyl groups excluding tert-OH is 1. The molecule has 9 heteroatoms. The molecule has 41 heavy (non-hydrogen) atoms. The molecule has 0 aromatic heterocycles. The molecule has 6 aliphatic carbocycles. The van der Waals surface area contributed by atoms with E-state index >= 15 is 0 Å². The number of phenols is 2. The molecule has 2 saturated carbocycles. The Kier molecular flexibility index (Phi) is 4.22. The Morgan fingerprint density at radius 3 is 1.71 bits per heavy atom. The molecule has 8 unspecified atom stereocenters. The van der Waals surface area contributed by atoms with Gasteiger partial charge in [0.25, 0.3) is 0 Å². The summed E-state index contributed by atoms with van der Waals surface area (Å²) in [7, 11) is 0. The summed E-state index contributed by atoms with van der Waals surface area (Å²) in [5.74, 6) is -7.78. The number of ether oxygens (including phenoxy) is 1. The summed E-state index contributed by atoms with van der Waals surface area (Å²) in [5, 5.41) is 33.4. The predicted molar refractivity (Wildman–Crippen MR) is 140 cm³/mol. The molecule has 3 N–H and O–H groups in total. The van der Waals surface area contributed by atoms with Gasteiger partial charge in [0.1, 0.15) is 17.6 Å². The highest BCUT2D eigenvalue weighted by molar-refractivity contribution is 6.30. The minimum Gasteiger partial charge on any atom is -0.507 e. The number of benzene rings is 2. The maximum atomic E-state index is 14.7. The number of carbonyl (C=O) groups excluding carboxylic acids is 5. The molecule has 0 saturated heterocycles. The molecule has 0 aliphatic heterocycles. The van der Waals surface area contributed by atoms with Crippen LogP contribution in [0.15, 0.2) is 47.6 Å². The molecule has 8 atom stereocenters. The zero-order chi connectivity index (χ0) is 29.1. The Hall–Kier alpha value is -4.37. The van der Waals surface area contributed by atoms with E-state index in [1.807, 2.05) is 0 Å². The number of Topliss-reactive ketones (excluding diaryl/α,β-unsaturated/α-hetero) is 4. The number of phenolic OH excluding ortho intramolecular Hbond substituents is 2. The van der Waals surface area contributed by atoms with Gasteiger partial charge in [-0.1, -0.05) is 12.2 Å². The van der Waals surface area contributed by atoms with Crippen molar-refractivity contribution >= 4 is 29.1 Å². The average Bonchev–Trinajstić information content (AvgIpc) is 3.18. The van der Waals surface area contributed by atoms with Gasteiger partial charge in [-0.2, -0.15) is 0 Å². The normalized spacial score (nSPS) is 36.8. The second kappa shape index (κ2) is 7.09. The zero-order valence-electron chi connectivity index (χ0n) is 22.2. The first-order valence-electron chi connectivity index (χ1n) is 13.5. The first-order valence-corrected chi connectivity index (χ1v) is 13.5. The van der Waals surface area contributed by atoms with Crippen molar-refractivity contribution in [3.63, 3.8) is 0 Å². The number of aromatic hydroxyl groups is 2. The molecule has 4 bridgehead atoms. The number of ketones is 4. The van der Waals surface area contributed by atoms with E-state index in [-0.39, 0.29) is 44.9 Å². The number of esters is 1. The molecular weight excluding hydrogens is 528 g/mol. The smallest absolute Gasteiger partial charge is 0.302 e. The van der Waals surface area contributed by atoms with Crippen LogP contribution in [0.3, 0.4) is 0 Å². The minimum atomic E-state index is -1.73. The number of fused-ring (bicyclic) bond motifs is 4. The van der Waals surface area contributed by atoms with Crippen LogP contribution >= 0.6 is 0 Å². The fourth-order valence-electron chi connectivity index (χ4n) is 9.54. The van der Waals surface area contributed by atoms with Gasteiger partial charge < -0.3 is 20.1 Å². The Labute approximate surface area is 233 Å². The monoisotopic (exact) mass is 552 g/mol. The minimum absolute atomic E-state index is 0.0130. The quantitative estimate of drug-likeness (QED) is 0.453. The van der Waals surface area contributed by atoms with Crippen molar-refractivity contribution in [2.45, 2.75) is 33.0 Å². The summed E-state index contributed by atoms with van der Waals surface area (Å²) in [6, 6.07) is 5.82. The number of aliphatic hydroxyl groups is 1. The fourth-order valence-corrected chi connectivity index (χ4v) is 9.54. The van der Waals surface area contributed by atoms with E-state index in [9.17, 15) is 39.3 Å². The van der Waals surface area contributed by atoms with Crippen LogP contribution in [0.4, 0.5) is 0 Å². The topological polar surface area (TPSA) is 155 Å². The third-order valence-corrected chi connectivity index (χ3v) is 10.5. The van der Waals surface area contributed by atoms with E-state index < -0.39 is 75.8 Å². The third kappa shape index (κ3) is 2.33. The molecule has 2 aromatic rings. The van der Waals surface area contributed by atoms with Crippen molar-refractivity contribution in [1.82, 2.24) is 0 Å². The van der Waals surface area contributed by atoms with Crippen LogP contribution in [0.25, 0.3) is 0 Å². The van der Waals surface area contributed by atoms with Crippen LogP contribution in [-0.4, -0.2) is 56.6 Å². The Morgan fingerprint density at radius 2 is 1.22 bits per heavy atom. The van der Waals surface area contributed by atoms with Crippen LogP contribution in [0.2, 0.25) is 0 Å². The molecule has 0 amide bonds. The van der Waals surface area contributed by atoms with Crippen molar-refractivity contribution in [2.24, 2.45) is 34.5 Å². The second-order valence-electron chi connectivity index (χ2n) is 12.3. The number of rotatable bonds is 1. The second-order valence-corrected chi connectivity index (χ2v) is 12.3. The van der Waals surface area contributed by atoms with Gasteiger partial charge in [-0.05, 0) is 49.2 Å². The van der Waals surface area contributed by atoms with Gasteiger partial charge in [-0.25, -0.2) is 0 Å². The summed E-state index contributed by atoms with van der Waals surface area (Å²) < 4.78 is 5.84. The highest BCUT2D eigenvalue weighted by Gasteiger charge is 2.85. The van der Waals surface area contributed by atoms with Crippen molar-refractivity contribution in [2.75, 3.05) is 0 Å². The molecule has 0 radical (unpaired) electrons. The first-order chi connectivity index (χ1) is 19.4. The van der Waals surface area contributed by atoms with E-state index in [2.05, 4.69) is 0 Å². The van der Waals surface area contributed by atoms with E-state index in [1.165, 1.54) is 43.3 Å². The highest BCUT2D eigenvalue weighted by Crippen LogP contribution is 2.79. The van der Waals surface area contributed by atoms with Gasteiger partial charge in [0.05, 0.1) is 28.1 Å². The van der Waals surface area contributed by atoms with Crippen molar-refractivity contribution < 1.29 is 44.0 Å². The Bertz CT molecular complexity index is 1800. The van der Waals surface area contributed by atoms with Gasteiger partial charge in [0.2, 0.25) is 0 Å². The predicted octanol–water partition coefficient (Wildman–Crippen LogP) is 2.81. The van der Waals surface area contributed by atoms with Crippen LogP contribution in [0, 0.1) is 48.3 Å². The number of aryl methyl sites for hydroxylation is 2.